The number of nitrogens with one attached hydrogen (secondary N) is 1. The molecule has 108 valence electrons. The summed E-state index contributed by atoms with van der Waals surface area (Å²) in [5, 5.41) is 12.5. The van der Waals surface area contributed by atoms with Gasteiger partial charge in [0.2, 0.25) is 0 Å². The lowest BCUT2D eigenvalue weighted by molar-refractivity contribution is -0.139. The average Bonchev–Trinajstić information content (AvgIpc) is 3.10. The van der Waals surface area contributed by atoms with Crippen molar-refractivity contribution < 1.29 is 14.3 Å². The highest BCUT2D eigenvalue weighted by atomic mass is 32.1. The molecule has 0 fully saturated rings. The monoisotopic (exact) mass is 302 g/mol. The summed E-state index contributed by atoms with van der Waals surface area (Å²) in [4.78, 5) is 15.3. The normalized spacial score (nSPS) is 12.6. The quantitative estimate of drug-likeness (QED) is 0.757. The van der Waals surface area contributed by atoms with Crippen LogP contribution in [0.4, 0.5) is 0 Å². The summed E-state index contributed by atoms with van der Waals surface area (Å²) in [7, 11) is 0. The number of aromatic nitrogens is 1. The van der Waals surface area contributed by atoms with Crippen molar-refractivity contribution in [3.05, 3.63) is 42.2 Å². The fraction of sp³-hybridized carbons (Fsp3) is 0.200. The second-order valence-electron chi connectivity index (χ2n) is 4.69. The molecule has 2 aromatic heterocycles. The molecule has 1 aromatic carbocycles. The molecular weight excluding hydrogens is 288 g/mol. The molecule has 0 aliphatic rings. The highest BCUT2D eigenvalue weighted by Gasteiger charge is 2.13. The molecule has 0 aliphatic heterocycles. The summed E-state index contributed by atoms with van der Waals surface area (Å²) in [5.41, 5.74) is 0.952. The molecular formula is C15H14N2O3S. The maximum atomic E-state index is 10.7. The number of hydrogen-bond donors (Lipinski definition) is 2. The van der Waals surface area contributed by atoms with Gasteiger partial charge in [-0.05, 0) is 31.2 Å². The van der Waals surface area contributed by atoms with Crippen molar-refractivity contribution in [2.75, 3.05) is 0 Å². The minimum absolute atomic E-state index is 0.373. The van der Waals surface area contributed by atoms with Gasteiger partial charge in [-0.15, -0.1) is 11.3 Å². The van der Waals surface area contributed by atoms with Crippen molar-refractivity contribution in [3.63, 3.8) is 0 Å². The van der Waals surface area contributed by atoms with Gasteiger partial charge in [0.25, 0.3) is 0 Å². The molecule has 3 rings (SSSR count). The number of fused-ring (bicyclic) bond motifs is 1. The third-order valence-electron chi connectivity index (χ3n) is 3.12. The van der Waals surface area contributed by atoms with Crippen molar-refractivity contribution in [1.29, 1.82) is 0 Å². The van der Waals surface area contributed by atoms with Crippen LogP contribution in [-0.4, -0.2) is 22.1 Å². The number of para-hydroxylation sites is 1. The number of thiazole rings is 1. The second kappa shape index (κ2) is 5.67. The summed E-state index contributed by atoms with van der Waals surface area (Å²) in [6, 6.07) is 11.0. The van der Waals surface area contributed by atoms with E-state index in [0.29, 0.717) is 18.1 Å². The van der Waals surface area contributed by atoms with Gasteiger partial charge in [0.05, 0.1) is 16.8 Å². The zero-order valence-corrected chi connectivity index (χ0v) is 12.2. The maximum Gasteiger partial charge on any atom is 0.320 e. The number of hydrogen-bond acceptors (Lipinski definition) is 5. The highest BCUT2D eigenvalue weighted by molar-refractivity contribution is 7.21. The first-order valence-corrected chi connectivity index (χ1v) is 7.36. The lowest BCUT2D eigenvalue weighted by atomic mass is 10.3. The first kappa shape index (κ1) is 13.8. The lowest BCUT2D eigenvalue weighted by Gasteiger charge is -2.06. The van der Waals surface area contributed by atoms with Crippen LogP contribution in [0.5, 0.6) is 0 Å². The molecule has 0 aliphatic carbocycles. The van der Waals surface area contributed by atoms with E-state index < -0.39 is 12.0 Å². The molecule has 5 nitrogen and oxygen atoms in total. The average molecular weight is 302 g/mol. The maximum absolute atomic E-state index is 10.7. The van der Waals surface area contributed by atoms with Crippen molar-refractivity contribution in [2.45, 2.75) is 19.5 Å². The zero-order chi connectivity index (χ0) is 14.8. The minimum Gasteiger partial charge on any atom is -0.480 e. The van der Waals surface area contributed by atoms with E-state index in [4.69, 9.17) is 9.52 Å². The third-order valence-corrected chi connectivity index (χ3v) is 4.17. The van der Waals surface area contributed by atoms with Gasteiger partial charge in [0.15, 0.2) is 10.8 Å². The SMILES string of the molecule is CC(NCc1ccc(-c2nc3ccccc3s2)o1)C(=O)O. The number of carbonyl (C=O) groups is 1. The van der Waals surface area contributed by atoms with E-state index >= 15 is 0 Å². The predicted octanol–water partition coefficient (Wildman–Crippen LogP) is 3.12. The van der Waals surface area contributed by atoms with E-state index in [9.17, 15) is 4.79 Å². The molecule has 0 saturated carbocycles. The van der Waals surface area contributed by atoms with E-state index in [0.717, 1.165) is 15.2 Å². The molecule has 0 bridgehead atoms. The summed E-state index contributed by atoms with van der Waals surface area (Å²) in [6.45, 7) is 1.97. The standard InChI is InChI=1S/C15H14N2O3S/c1-9(15(18)19)16-8-10-6-7-12(20-10)14-17-11-4-2-3-5-13(11)21-14/h2-7,9,16H,8H2,1H3,(H,18,19). The van der Waals surface area contributed by atoms with E-state index in [-0.39, 0.29) is 0 Å². The molecule has 21 heavy (non-hydrogen) atoms. The van der Waals surface area contributed by atoms with Crippen LogP contribution in [-0.2, 0) is 11.3 Å². The fourth-order valence-electron chi connectivity index (χ4n) is 1.91. The molecule has 0 amide bonds. The number of furan rings is 1. The molecule has 0 saturated heterocycles. The van der Waals surface area contributed by atoms with Crippen LogP contribution >= 0.6 is 11.3 Å². The van der Waals surface area contributed by atoms with Gasteiger partial charge < -0.3 is 9.52 Å². The van der Waals surface area contributed by atoms with Crippen molar-refractivity contribution in [3.8, 4) is 10.8 Å². The number of carboxylic acid groups (broad SMARTS) is 1. The molecule has 6 heteroatoms. The van der Waals surface area contributed by atoms with Gasteiger partial charge in [0, 0.05) is 0 Å². The summed E-state index contributed by atoms with van der Waals surface area (Å²) in [5.74, 6) is 0.515. The lowest BCUT2D eigenvalue weighted by Crippen LogP contribution is -2.32. The second-order valence-corrected chi connectivity index (χ2v) is 5.72. The number of rotatable bonds is 5. The molecule has 3 aromatic rings. The predicted molar refractivity (Wildman–Crippen MR) is 81.3 cm³/mol. The van der Waals surface area contributed by atoms with Gasteiger partial charge in [-0.25, -0.2) is 4.98 Å². The van der Waals surface area contributed by atoms with Crippen LogP contribution in [0, 0.1) is 0 Å². The summed E-state index contributed by atoms with van der Waals surface area (Å²) < 4.78 is 6.84. The third kappa shape index (κ3) is 2.96. The largest absolute Gasteiger partial charge is 0.480 e. The number of benzene rings is 1. The van der Waals surface area contributed by atoms with Crippen LogP contribution in [0.1, 0.15) is 12.7 Å². The Balaban J connectivity index is 1.76. The van der Waals surface area contributed by atoms with Gasteiger partial charge in [-0.1, -0.05) is 12.1 Å². The van der Waals surface area contributed by atoms with Gasteiger partial charge >= 0.3 is 5.97 Å². The molecule has 2 heterocycles. The van der Waals surface area contributed by atoms with E-state index in [1.807, 2.05) is 36.4 Å². The zero-order valence-electron chi connectivity index (χ0n) is 11.4. The Kier molecular flexibility index (Phi) is 3.72. The van der Waals surface area contributed by atoms with Crippen LogP contribution < -0.4 is 5.32 Å². The Morgan fingerprint density at radius 1 is 1.38 bits per heavy atom. The van der Waals surface area contributed by atoms with Crippen LogP contribution in [0.3, 0.4) is 0 Å². The van der Waals surface area contributed by atoms with Crippen LogP contribution in [0.25, 0.3) is 21.0 Å². The van der Waals surface area contributed by atoms with Gasteiger partial charge in [0.1, 0.15) is 11.8 Å². The summed E-state index contributed by atoms with van der Waals surface area (Å²) in [6.07, 6.45) is 0. The van der Waals surface area contributed by atoms with E-state index in [1.165, 1.54) is 0 Å². The van der Waals surface area contributed by atoms with Gasteiger partial charge in [-0.2, -0.15) is 0 Å². The molecule has 1 unspecified atom stereocenters. The fourth-order valence-corrected chi connectivity index (χ4v) is 2.83. The van der Waals surface area contributed by atoms with Gasteiger partial charge in [-0.3, -0.25) is 10.1 Å². The molecule has 2 N–H and O–H groups in total. The number of nitrogens with zero attached hydrogens (tertiary/aromatic N) is 1. The van der Waals surface area contributed by atoms with E-state index in [1.54, 1.807) is 18.3 Å². The Morgan fingerprint density at radius 2 is 2.19 bits per heavy atom. The Hall–Kier alpha value is -2.18. The van der Waals surface area contributed by atoms with Crippen LogP contribution in [0.2, 0.25) is 0 Å². The van der Waals surface area contributed by atoms with E-state index in [2.05, 4.69) is 10.3 Å². The summed E-state index contributed by atoms with van der Waals surface area (Å²) >= 11 is 1.57. The van der Waals surface area contributed by atoms with Crippen molar-refractivity contribution in [2.24, 2.45) is 0 Å². The van der Waals surface area contributed by atoms with Crippen molar-refractivity contribution in [1.82, 2.24) is 10.3 Å². The molecule has 0 spiro atoms. The highest BCUT2D eigenvalue weighted by Crippen LogP contribution is 2.31. The topological polar surface area (TPSA) is 75.4 Å². The molecule has 0 radical (unpaired) electrons. The van der Waals surface area contributed by atoms with Crippen molar-refractivity contribution >= 4 is 27.5 Å². The Labute approximate surface area is 125 Å². The Morgan fingerprint density at radius 3 is 2.95 bits per heavy atom. The number of carboxylic acids is 1. The first-order valence-electron chi connectivity index (χ1n) is 6.54. The molecule has 1 atom stereocenters. The Bertz CT molecular complexity index is 745. The van der Waals surface area contributed by atoms with Crippen LogP contribution in [0.15, 0.2) is 40.8 Å². The first-order chi connectivity index (χ1) is 10.1. The minimum atomic E-state index is -0.882. The smallest absolute Gasteiger partial charge is 0.320 e. The number of aliphatic carboxylic acids is 1.